The van der Waals surface area contributed by atoms with Crippen molar-refractivity contribution in [2.45, 2.75) is 24.7 Å². The Morgan fingerprint density at radius 3 is 2.30 bits per heavy atom. The van der Waals surface area contributed by atoms with E-state index >= 15 is 0 Å². The molecule has 1 aliphatic rings. The van der Waals surface area contributed by atoms with Crippen molar-refractivity contribution in [2.24, 2.45) is 0 Å². The van der Waals surface area contributed by atoms with Gasteiger partial charge in [-0.05, 0) is 49.1 Å². The maximum Gasteiger partial charge on any atom is 0.255 e. The molecule has 3 aromatic carbocycles. The maximum absolute atomic E-state index is 13.0. The molecular formula is C24H24N2O3S. The first-order valence-corrected chi connectivity index (χ1v) is 11.5. The van der Waals surface area contributed by atoms with Crippen LogP contribution in [0.4, 0.5) is 5.69 Å². The Morgan fingerprint density at radius 2 is 1.57 bits per heavy atom. The van der Waals surface area contributed by atoms with Crippen LogP contribution in [0.1, 0.15) is 28.8 Å². The molecule has 3 aromatic rings. The van der Waals surface area contributed by atoms with Crippen molar-refractivity contribution in [3.63, 3.8) is 0 Å². The Hall–Kier alpha value is -2.96. The van der Waals surface area contributed by atoms with E-state index in [0.717, 1.165) is 24.0 Å². The second-order valence-corrected chi connectivity index (χ2v) is 9.36. The van der Waals surface area contributed by atoms with Crippen LogP contribution in [-0.4, -0.2) is 31.7 Å². The summed E-state index contributed by atoms with van der Waals surface area (Å²) in [6.07, 6.45) is 1.74. The van der Waals surface area contributed by atoms with Crippen molar-refractivity contribution in [2.75, 3.05) is 18.4 Å². The molecule has 0 bridgehead atoms. The van der Waals surface area contributed by atoms with Crippen LogP contribution in [0.2, 0.25) is 0 Å². The van der Waals surface area contributed by atoms with E-state index in [4.69, 9.17) is 0 Å². The van der Waals surface area contributed by atoms with Gasteiger partial charge >= 0.3 is 0 Å². The monoisotopic (exact) mass is 420 g/mol. The highest BCUT2D eigenvalue weighted by Gasteiger charge is 2.29. The second kappa shape index (κ2) is 8.42. The molecule has 1 N–H and O–H groups in total. The van der Waals surface area contributed by atoms with Gasteiger partial charge in [-0.2, -0.15) is 4.31 Å². The largest absolute Gasteiger partial charge is 0.321 e. The number of aryl methyl sites for hydroxylation is 1. The first-order chi connectivity index (χ1) is 14.5. The standard InChI is InChI=1S/C24H24N2O3S/c1-18-13-14-20(17-23(18)30(28,29)26-15-7-8-16-26)24(27)25-22-12-6-5-11-21(22)19-9-3-2-4-10-19/h2-6,9-14,17H,7-8,15-16H2,1H3,(H,25,27). The van der Waals surface area contributed by atoms with Gasteiger partial charge in [0.2, 0.25) is 10.0 Å². The minimum Gasteiger partial charge on any atom is -0.321 e. The lowest BCUT2D eigenvalue weighted by Gasteiger charge is -2.18. The Labute approximate surface area is 177 Å². The molecule has 0 aliphatic carbocycles. The predicted octanol–water partition coefficient (Wildman–Crippen LogP) is 4.70. The molecule has 1 amide bonds. The van der Waals surface area contributed by atoms with E-state index in [1.165, 1.54) is 10.4 Å². The van der Waals surface area contributed by atoms with Gasteiger partial charge in [0.05, 0.1) is 4.90 Å². The Morgan fingerprint density at radius 1 is 0.900 bits per heavy atom. The third-order valence-corrected chi connectivity index (χ3v) is 7.43. The average Bonchev–Trinajstić information content (AvgIpc) is 3.31. The number of hydrogen-bond acceptors (Lipinski definition) is 3. The van der Waals surface area contributed by atoms with Crippen molar-refractivity contribution in [3.05, 3.63) is 83.9 Å². The van der Waals surface area contributed by atoms with E-state index in [0.29, 0.717) is 29.9 Å². The maximum atomic E-state index is 13.0. The fourth-order valence-electron chi connectivity index (χ4n) is 3.74. The summed E-state index contributed by atoms with van der Waals surface area (Å²) in [5, 5.41) is 2.95. The van der Waals surface area contributed by atoms with Gasteiger partial charge in [0.25, 0.3) is 5.91 Å². The highest BCUT2D eigenvalue weighted by molar-refractivity contribution is 7.89. The molecule has 1 fully saturated rings. The molecule has 0 unspecified atom stereocenters. The Bertz CT molecular complexity index is 1170. The van der Waals surface area contributed by atoms with Crippen LogP contribution < -0.4 is 5.32 Å². The van der Waals surface area contributed by atoms with Crippen LogP contribution in [0.15, 0.2) is 77.7 Å². The molecule has 4 rings (SSSR count). The van der Waals surface area contributed by atoms with Gasteiger partial charge in [-0.3, -0.25) is 4.79 Å². The Balaban J connectivity index is 1.64. The zero-order chi connectivity index (χ0) is 21.1. The van der Waals surface area contributed by atoms with Gasteiger partial charge < -0.3 is 5.32 Å². The minimum atomic E-state index is -3.60. The molecule has 154 valence electrons. The number of rotatable bonds is 5. The smallest absolute Gasteiger partial charge is 0.255 e. The normalized spacial score (nSPS) is 14.6. The third-order valence-electron chi connectivity index (χ3n) is 5.39. The predicted molar refractivity (Wildman–Crippen MR) is 119 cm³/mol. The van der Waals surface area contributed by atoms with E-state index in [9.17, 15) is 13.2 Å². The van der Waals surface area contributed by atoms with Crippen molar-refractivity contribution < 1.29 is 13.2 Å². The summed E-state index contributed by atoms with van der Waals surface area (Å²) in [6, 6.07) is 22.2. The molecule has 0 spiro atoms. The number of nitrogens with one attached hydrogen (secondary N) is 1. The van der Waals surface area contributed by atoms with Crippen LogP contribution in [0.5, 0.6) is 0 Å². The number of benzene rings is 3. The third kappa shape index (κ3) is 4.01. The van der Waals surface area contributed by atoms with Gasteiger partial charge in [-0.1, -0.05) is 54.6 Å². The molecule has 5 nitrogen and oxygen atoms in total. The van der Waals surface area contributed by atoms with Crippen molar-refractivity contribution in [1.82, 2.24) is 4.31 Å². The summed E-state index contributed by atoms with van der Waals surface area (Å²) in [4.78, 5) is 13.2. The number of sulfonamides is 1. The number of nitrogens with zero attached hydrogens (tertiary/aromatic N) is 1. The summed E-state index contributed by atoms with van der Waals surface area (Å²) in [5.74, 6) is -0.337. The van der Waals surface area contributed by atoms with Crippen molar-refractivity contribution in [1.29, 1.82) is 0 Å². The van der Waals surface area contributed by atoms with Gasteiger partial charge in [0.15, 0.2) is 0 Å². The first kappa shape index (κ1) is 20.3. The van der Waals surface area contributed by atoms with E-state index < -0.39 is 10.0 Å². The number of carbonyl (C=O) groups excluding carboxylic acids is 1. The zero-order valence-electron chi connectivity index (χ0n) is 16.8. The molecule has 0 atom stereocenters. The van der Waals surface area contributed by atoms with Gasteiger partial charge in [0, 0.05) is 29.9 Å². The average molecular weight is 421 g/mol. The van der Waals surface area contributed by atoms with Crippen LogP contribution in [0, 0.1) is 6.92 Å². The fraction of sp³-hybridized carbons (Fsp3) is 0.208. The van der Waals surface area contributed by atoms with E-state index in [2.05, 4.69) is 5.32 Å². The molecule has 1 heterocycles. The van der Waals surface area contributed by atoms with Crippen LogP contribution >= 0.6 is 0 Å². The summed E-state index contributed by atoms with van der Waals surface area (Å²) in [6.45, 7) is 2.82. The summed E-state index contributed by atoms with van der Waals surface area (Å²) in [5.41, 5.74) is 3.54. The molecule has 6 heteroatoms. The zero-order valence-corrected chi connectivity index (χ0v) is 17.7. The number of anilines is 1. The highest BCUT2D eigenvalue weighted by Crippen LogP contribution is 2.29. The lowest BCUT2D eigenvalue weighted by molar-refractivity contribution is 0.102. The molecule has 0 aromatic heterocycles. The number of hydrogen-bond donors (Lipinski definition) is 1. The first-order valence-electron chi connectivity index (χ1n) is 10.0. The summed E-state index contributed by atoms with van der Waals surface area (Å²) in [7, 11) is -3.60. The molecule has 30 heavy (non-hydrogen) atoms. The van der Waals surface area contributed by atoms with Crippen molar-refractivity contribution >= 4 is 21.6 Å². The number of para-hydroxylation sites is 1. The molecular weight excluding hydrogens is 396 g/mol. The van der Waals surface area contributed by atoms with E-state index in [1.54, 1.807) is 19.1 Å². The summed E-state index contributed by atoms with van der Waals surface area (Å²) >= 11 is 0. The van der Waals surface area contributed by atoms with E-state index in [1.807, 2.05) is 54.6 Å². The SMILES string of the molecule is Cc1ccc(C(=O)Nc2ccccc2-c2ccccc2)cc1S(=O)(=O)N1CCCC1. The van der Waals surface area contributed by atoms with Crippen LogP contribution in [0.3, 0.4) is 0 Å². The molecule has 1 saturated heterocycles. The van der Waals surface area contributed by atoms with Gasteiger partial charge in [-0.15, -0.1) is 0 Å². The number of carbonyl (C=O) groups is 1. The topological polar surface area (TPSA) is 66.5 Å². The highest BCUT2D eigenvalue weighted by atomic mass is 32.2. The molecule has 1 aliphatic heterocycles. The minimum absolute atomic E-state index is 0.202. The van der Waals surface area contributed by atoms with Crippen LogP contribution in [0.25, 0.3) is 11.1 Å². The lowest BCUT2D eigenvalue weighted by Crippen LogP contribution is -2.28. The van der Waals surface area contributed by atoms with E-state index in [-0.39, 0.29) is 10.8 Å². The lowest BCUT2D eigenvalue weighted by atomic mass is 10.0. The van der Waals surface area contributed by atoms with Crippen LogP contribution in [-0.2, 0) is 10.0 Å². The van der Waals surface area contributed by atoms with Gasteiger partial charge in [0.1, 0.15) is 0 Å². The quantitative estimate of drug-likeness (QED) is 0.651. The van der Waals surface area contributed by atoms with Gasteiger partial charge in [-0.25, -0.2) is 8.42 Å². The van der Waals surface area contributed by atoms with Crippen molar-refractivity contribution in [3.8, 4) is 11.1 Å². The molecule has 0 radical (unpaired) electrons. The number of amides is 1. The molecule has 0 saturated carbocycles. The Kier molecular flexibility index (Phi) is 5.70. The second-order valence-electron chi connectivity index (χ2n) is 7.46. The summed E-state index contributed by atoms with van der Waals surface area (Å²) < 4.78 is 27.5. The fourth-order valence-corrected chi connectivity index (χ4v) is 5.51.